The molecule has 0 spiro atoms. The van der Waals surface area contributed by atoms with Gasteiger partial charge in [-0.05, 0) is 50.8 Å². The van der Waals surface area contributed by atoms with E-state index in [9.17, 15) is 4.79 Å². The van der Waals surface area contributed by atoms with Crippen LogP contribution in [0.25, 0.3) is 0 Å². The summed E-state index contributed by atoms with van der Waals surface area (Å²) in [6.45, 7) is 8.44. The molecule has 2 atom stereocenters. The molecule has 3 heteroatoms. The van der Waals surface area contributed by atoms with E-state index in [1.54, 1.807) is 6.92 Å². The van der Waals surface area contributed by atoms with Crippen molar-refractivity contribution in [2.75, 3.05) is 6.61 Å². The summed E-state index contributed by atoms with van der Waals surface area (Å²) in [5.41, 5.74) is 10.2. The van der Waals surface area contributed by atoms with Gasteiger partial charge in [-0.15, -0.1) is 0 Å². The van der Waals surface area contributed by atoms with E-state index >= 15 is 0 Å². The van der Waals surface area contributed by atoms with Crippen molar-refractivity contribution in [1.29, 1.82) is 0 Å². The highest BCUT2D eigenvalue weighted by Gasteiger charge is 2.59. The Morgan fingerprint density at radius 1 is 1.39 bits per heavy atom. The third kappa shape index (κ3) is 2.03. The molecule has 18 heavy (non-hydrogen) atoms. The summed E-state index contributed by atoms with van der Waals surface area (Å²) in [7, 11) is 0. The number of ether oxygens (including phenoxy) is 1. The molecule has 1 aromatic carbocycles. The molecule has 2 unspecified atom stereocenters. The summed E-state index contributed by atoms with van der Waals surface area (Å²) in [4.78, 5) is 11.9. The Morgan fingerprint density at radius 3 is 2.44 bits per heavy atom. The average molecular weight is 247 g/mol. The van der Waals surface area contributed by atoms with Crippen molar-refractivity contribution in [3.05, 3.63) is 34.4 Å². The van der Waals surface area contributed by atoms with Gasteiger partial charge in [-0.2, -0.15) is 0 Å². The summed E-state index contributed by atoms with van der Waals surface area (Å²) in [5.74, 6) is -0.161. The maximum atomic E-state index is 11.9. The van der Waals surface area contributed by atoms with Crippen LogP contribution >= 0.6 is 0 Å². The highest BCUT2D eigenvalue weighted by Crippen LogP contribution is 2.52. The van der Waals surface area contributed by atoms with Crippen LogP contribution in [-0.2, 0) is 9.53 Å². The van der Waals surface area contributed by atoms with Crippen molar-refractivity contribution >= 4 is 5.97 Å². The molecule has 0 aromatic heterocycles. The summed E-state index contributed by atoms with van der Waals surface area (Å²) in [6, 6.07) is 4.29. The molecule has 3 nitrogen and oxygen atoms in total. The van der Waals surface area contributed by atoms with Gasteiger partial charge in [-0.1, -0.05) is 17.7 Å². The highest BCUT2D eigenvalue weighted by molar-refractivity contribution is 5.87. The van der Waals surface area contributed by atoms with Crippen LogP contribution in [0.1, 0.15) is 41.5 Å². The Bertz CT molecular complexity index is 472. The third-order valence-corrected chi connectivity index (χ3v) is 3.75. The monoisotopic (exact) mass is 247 g/mol. The lowest BCUT2D eigenvalue weighted by atomic mass is 9.94. The van der Waals surface area contributed by atoms with E-state index in [1.165, 1.54) is 22.3 Å². The minimum atomic E-state index is -0.805. The molecule has 0 saturated heterocycles. The standard InChI is InChI=1S/C15H21NO2/c1-5-18-14(17)15(16)8-12(15)13-10(3)6-9(2)7-11(13)4/h6-7,12H,5,8,16H2,1-4H3. The van der Waals surface area contributed by atoms with Crippen molar-refractivity contribution in [2.45, 2.75) is 45.6 Å². The van der Waals surface area contributed by atoms with Gasteiger partial charge in [0.15, 0.2) is 0 Å². The van der Waals surface area contributed by atoms with Crippen LogP contribution in [0.3, 0.4) is 0 Å². The largest absolute Gasteiger partial charge is 0.465 e. The quantitative estimate of drug-likeness (QED) is 0.834. The minimum absolute atomic E-state index is 0.108. The topological polar surface area (TPSA) is 52.3 Å². The van der Waals surface area contributed by atoms with Crippen molar-refractivity contribution in [3.8, 4) is 0 Å². The molecule has 2 rings (SSSR count). The van der Waals surface area contributed by atoms with Crippen LogP contribution in [0.15, 0.2) is 12.1 Å². The smallest absolute Gasteiger partial charge is 0.326 e. The van der Waals surface area contributed by atoms with Crippen LogP contribution in [0.5, 0.6) is 0 Å². The fourth-order valence-corrected chi connectivity index (χ4v) is 2.87. The van der Waals surface area contributed by atoms with E-state index in [-0.39, 0.29) is 11.9 Å². The lowest BCUT2D eigenvalue weighted by molar-refractivity contribution is -0.145. The van der Waals surface area contributed by atoms with E-state index in [4.69, 9.17) is 10.5 Å². The summed E-state index contributed by atoms with van der Waals surface area (Å²) in [6.07, 6.45) is 0.691. The van der Waals surface area contributed by atoms with Crippen molar-refractivity contribution < 1.29 is 9.53 Å². The van der Waals surface area contributed by atoms with Gasteiger partial charge in [-0.25, -0.2) is 0 Å². The van der Waals surface area contributed by atoms with Gasteiger partial charge in [0.25, 0.3) is 0 Å². The van der Waals surface area contributed by atoms with Crippen molar-refractivity contribution in [1.82, 2.24) is 0 Å². The second kappa shape index (κ2) is 4.39. The zero-order valence-corrected chi connectivity index (χ0v) is 11.5. The first-order valence-corrected chi connectivity index (χ1v) is 6.44. The number of carbonyl (C=O) groups excluding carboxylic acids is 1. The van der Waals surface area contributed by atoms with Crippen LogP contribution < -0.4 is 5.73 Å². The Labute approximate surface area is 108 Å². The van der Waals surface area contributed by atoms with Gasteiger partial charge < -0.3 is 10.5 Å². The molecule has 2 N–H and O–H groups in total. The van der Waals surface area contributed by atoms with Gasteiger partial charge in [0, 0.05) is 5.92 Å². The number of hydrogen-bond donors (Lipinski definition) is 1. The molecule has 0 heterocycles. The number of carbonyl (C=O) groups is 1. The number of rotatable bonds is 3. The van der Waals surface area contributed by atoms with E-state index < -0.39 is 5.54 Å². The van der Waals surface area contributed by atoms with Crippen molar-refractivity contribution in [2.24, 2.45) is 5.73 Å². The molecule has 1 aromatic rings. The number of nitrogens with two attached hydrogens (primary N) is 1. The van der Waals surface area contributed by atoms with Gasteiger partial charge in [0.2, 0.25) is 0 Å². The van der Waals surface area contributed by atoms with Gasteiger partial charge in [0.1, 0.15) is 5.54 Å². The van der Waals surface area contributed by atoms with Crippen LogP contribution in [-0.4, -0.2) is 18.1 Å². The van der Waals surface area contributed by atoms with Crippen LogP contribution in [0.2, 0.25) is 0 Å². The first kappa shape index (κ1) is 13.1. The van der Waals surface area contributed by atoms with Crippen LogP contribution in [0, 0.1) is 20.8 Å². The van der Waals surface area contributed by atoms with E-state index in [0.29, 0.717) is 13.0 Å². The summed E-state index contributed by atoms with van der Waals surface area (Å²) >= 11 is 0. The first-order valence-electron chi connectivity index (χ1n) is 6.44. The van der Waals surface area contributed by atoms with E-state index in [0.717, 1.165) is 0 Å². The fraction of sp³-hybridized carbons (Fsp3) is 0.533. The van der Waals surface area contributed by atoms with Crippen molar-refractivity contribution in [3.63, 3.8) is 0 Å². The molecule has 1 aliphatic rings. The molecule has 0 aliphatic heterocycles. The average Bonchev–Trinajstić information content (AvgIpc) is 2.91. The summed E-state index contributed by atoms with van der Waals surface area (Å²) in [5, 5.41) is 0. The molecule has 1 fully saturated rings. The molecule has 98 valence electrons. The SMILES string of the molecule is CCOC(=O)C1(N)CC1c1c(C)cc(C)cc1C. The maximum Gasteiger partial charge on any atom is 0.326 e. The normalized spacial score (nSPS) is 25.9. The molecule has 0 radical (unpaired) electrons. The number of benzene rings is 1. The number of esters is 1. The fourth-order valence-electron chi connectivity index (χ4n) is 2.87. The molecule has 0 bridgehead atoms. The molecular weight excluding hydrogens is 226 g/mol. The van der Waals surface area contributed by atoms with Crippen LogP contribution in [0.4, 0.5) is 0 Å². The zero-order chi connectivity index (χ0) is 13.5. The molecular formula is C15H21NO2. The summed E-state index contributed by atoms with van der Waals surface area (Å²) < 4.78 is 5.06. The predicted molar refractivity (Wildman–Crippen MR) is 71.6 cm³/mol. The van der Waals surface area contributed by atoms with E-state index in [2.05, 4.69) is 32.9 Å². The van der Waals surface area contributed by atoms with E-state index in [1.807, 2.05) is 0 Å². The van der Waals surface area contributed by atoms with Gasteiger partial charge in [0.05, 0.1) is 6.61 Å². The highest BCUT2D eigenvalue weighted by atomic mass is 16.5. The Morgan fingerprint density at radius 2 is 1.94 bits per heavy atom. The lowest BCUT2D eigenvalue weighted by Gasteiger charge is -2.14. The number of aryl methyl sites for hydroxylation is 3. The Balaban J connectivity index is 2.29. The third-order valence-electron chi connectivity index (χ3n) is 3.75. The maximum absolute atomic E-state index is 11.9. The second-order valence-corrected chi connectivity index (χ2v) is 5.33. The Hall–Kier alpha value is -1.35. The molecule has 1 saturated carbocycles. The zero-order valence-electron chi connectivity index (χ0n) is 11.5. The number of hydrogen-bond acceptors (Lipinski definition) is 3. The second-order valence-electron chi connectivity index (χ2n) is 5.33. The molecule has 0 amide bonds. The van der Waals surface area contributed by atoms with Gasteiger partial charge in [-0.3, -0.25) is 4.79 Å². The lowest BCUT2D eigenvalue weighted by Crippen LogP contribution is -2.36. The predicted octanol–water partition coefficient (Wildman–Crippen LogP) is 2.36. The minimum Gasteiger partial charge on any atom is -0.465 e. The Kier molecular flexibility index (Phi) is 3.20. The first-order chi connectivity index (χ1) is 8.40. The molecule has 1 aliphatic carbocycles. The van der Waals surface area contributed by atoms with Gasteiger partial charge >= 0.3 is 5.97 Å².